The first-order valence-corrected chi connectivity index (χ1v) is 9.82. The molecule has 0 spiro atoms. The fraction of sp³-hybridized carbons (Fsp3) is 0.550. The number of hydrogen-bond acceptors (Lipinski definition) is 4. The Labute approximate surface area is 168 Å². The minimum absolute atomic E-state index is 0.119. The highest BCUT2D eigenvalue weighted by Gasteiger charge is 2.31. The highest BCUT2D eigenvalue weighted by Crippen LogP contribution is 2.24. The number of aliphatic hydroxyl groups is 1. The van der Waals surface area contributed by atoms with Crippen molar-refractivity contribution in [3.05, 3.63) is 42.0 Å². The van der Waals surface area contributed by atoms with Gasteiger partial charge in [0.1, 0.15) is 5.75 Å². The molecule has 0 bridgehead atoms. The molecule has 2 aliphatic heterocycles. The zero-order chi connectivity index (χ0) is 20.9. The Morgan fingerprint density at radius 1 is 1.28 bits per heavy atom. The van der Waals surface area contributed by atoms with Crippen LogP contribution in [-0.2, 0) is 0 Å². The summed E-state index contributed by atoms with van der Waals surface area (Å²) in [6, 6.07) is 5.70. The van der Waals surface area contributed by atoms with E-state index < -0.39 is 12.5 Å². The molecular weight excluding hydrogens is 385 g/mol. The van der Waals surface area contributed by atoms with Gasteiger partial charge in [0.2, 0.25) is 0 Å². The predicted molar refractivity (Wildman–Crippen MR) is 105 cm³/mol. The molecule has 0 amide bonds. The van der Waals surface area contributed by atoms with Crippen molar-refractivity contribution in [3.8, 4) is 5.75 Å². The van der Waals surface area contributed by atoms with E-state index in [0.717, 1.165) is 38.6 Å². The Bertz CT molecular complexity index is 713. The fourth-order valence-corrected chi connectivity index (χ4v) is 3.62. The summed E-state index contributed by atoms with van der Waals surface area (Å²) in [5.41, 5.74) is 0.488. The minimum atomic E-state index is -4.73. The molecule has 160 valence electrons. The molecule has 2 atom stereocenters. The Morgan fingerprint density at radius 2 is 1.97 bits per heavy atom. The van der Waals surface area contributed by atoms with Gasteiger partial charge in [-0.1, -0.05) is 24.3 Å². The summed E-state index contributed by atoms with van der Waals surface area (Å²) in [4.78, 5) is 9.18. The molecule has 29 heavy (non-hydrogen) atoms. The van der Waals surface area contributed by atoms with Crippen molar-refractivity contribution in [1.29, 1.82) is 0 Å². The molecule has 1 fully saturated rings. The first-order chi connectivity index (χ1) is 13.9. The number of alkyl halides is 3. The third-order valence-electron chi connectivity index (χ3n) is 5.07. The van der Waals surface area contributed by atoms with Crippen molar-refractivity contribution in [2.45, 2.75) is 31.9 Å². The molecule has 0 radical (unpaired) electrons. The number of halogens is 3. The number of benzene rings is 1. The van der Waals surface area contributed by atoms with E-state index in [9.17, 15) is 18.3 Å². The molecule has 2 unspecified atom stereocenters. The summed E-state index contributed by atoms with van der Waals surface area (Å²) in [7, 11) is 0. The van der Waals surface area contributed by atoms with E-state index in [1.807, 2.05) is 6.92 Å². The smallest absolute Gasteiger partial charge is 0.406 e. The highest BCUT2D eigenvalue weighted by atomic mass is 19.4. The monoisotopic (exact) mass is 412 g/mol. The van der Waals surface area contributed by atoms with E-state index in [0.29, 0.717) is 18.2 Å². The molecule has 2 aliphatic rings. The molecule has 2 N–H and O–H groups in total. The van der Waals surface area contributed by atoms with Gasteiger partial charge >= 0.3 is 6.36 Å². The van der Waals surface area contributed by atoms with Crippen LogP contribution in [0.1, 0.15) is 25.0 Å². The molecule has 1 aromatic carbocycles. The molecule has 9 heteroatoms. The maximum absolute atomic E-state index is 12.2. The number of aliphatic hydroxyl groups excluding tert-OH is 1. The van der Waals surface area contributed by atoms with Crippen molar-refractivity contribution in [3.63, 3.8) is 0 Å². The quantitative estimate of drug-likeness (QED) is 0.427. The lowest BCUT2D eigenvalue weighted by atomic mass is 10.1. The second kappa shape index (κ2) is 9.49. The standard InChI is InChI=1S/C20H27F3N4O2/c1-2-24-19(27-12-9-16(14-27)26-10-3-4-11-26)25-13-18(28)15-5-7-17(8-6-15)29-20(21,22)23/h3-8,16,18,28H,2,9-14H2,1H3,(H,24,25). The maximum atomic E-state index is 12.2. The number of aliphatic imine (C=N–C) groups is 1. The second-order valence-electron chi connectivity index (χ2n) is 7.14. The minimum Gasteiger partial charge on any atom is -0.406 e. The summed E-state index contributed by atoms with van der Waals surface area (Å²) in [5.74, 6) is 0.433. The average molecular weight is 412 g/mol. The molecule has 3 rings (SSSR count). The first-order valence-electron chi connectivity index (χ1n) is 9.82. The van der Waals surface area contributed by atoms with E-state index in [1.54, 1.807) is 0 Å². The second-order valence-corrected chi connectivity index (χ2v) is 7.14. The molecule has 2 heterocycles. The Balaban J connectivity index is 1.58. The lowest BCUT2D eigenvalue weighted by Crippen LogP contribution is -2.43. The summed E-state index contributed by atoms with van der Waals surface area (Å²) in [6.07, 6.45) is -0.212. The third-order valence-corrected chi connectivity index (χ3v) is 5.07. The van der Waals surface area contributed by atoms with Gasteiger partial charge in [-0.05, 0) is 31.0 Å². The number of rotatable bonds is 6. The number of hydrogen-bond donors (Lipinski definition) is 2. The SMILES string of the molecule is CCNC(=NCC(O)c1ccc(OC(F)(F)F)cc1)N1CCC(N2CC=CC2)C1. The zero-order valence-corrected chi connectivity index (χ0v) is 16.4. The van der Waals surface area contributed by atoms with Gasteiger partial charge in [0.05, 0.1) is 12.6 Å². The Hall–Kier alpha value is -2.26. The topological polar surface area (TPSA) is 60.3 Å². The molecule has 1 saturated heterocycles. The van der Waals surface area contributed by atoms with Gasteiger partial charge in [0.25, 0.3) is 0 Å². The molecular formula is C20H27F3N4O2. The van der Waals surface area contributed by atoms with Crippen molar-refractivity contribution in [2.75, 3.05) is 39.3 Å². The van der Waals surface area contributed by atoms with Crippen LogP contribution in [0.2, 0.25) is 0 Å². The lowest BCUT2D eigenvalue weighted by Gasteiger charge is -2.25. The first kappa shape index (κ1) is 21.4. The number of ether oxygens (including phenoxy) is 1. The van der Waals surface area contributed by atoms with Crippen LogP contribution in [0.25, 0.3) is 0 Å². The summed E-state index contributed by atoms with van der Waals surface area (Å²) in [6.45, 7) is 6.57. The van der Waals surface area contributed by atoms with Gasteiger partial charge < -0.3 is 20.1 Å². The van der Waals surface area contributed by atoms with Gasteiger partial charge in [0.15, 0.2) is 5.96 Å². The van der Waals surface area contributed by atoms with Crippen LogP contribution in [0.5, 0.6) is 5.75 Å². The van der Waals surface area contributed by atoms with Crippen LogP contribution in [0.4, 0.5) is 13.2 Å². The van der Waals surface area contributed by atoms with E-state index in [4.69, 9.17) is 0 Å². The Kier molecular flexibility index (Phi) is 7.02. The van der Waals surface area contributed by atoms with Crippen LogP contribution in [-0.4, -0.2) is 72.5 Å². The van der Waals surface area contributed by atoms with Gasteiger partial charge in [-0.2, -0.15) is 0 Å². The van der Waals surface area contributed by atoms with Crippen molar-refractivity contribution in [1.82, 2.24) is 15.1 Å². The number of nitrogens with zero attached hydrogens (tertiary/aromatic N) is 3. The van der Waals surface area contributed by atoms with Crippen LogP contribution in [0.3, 0.4) is 0 Å². The summed E-state index contributed by atoms with van der Waals surface area (Å²) in [5, 5.41) is 13.7. The van der Waals surface area contributed by atoms with Crippen molar-refractivity contribution < 1.29 is 23.0 Å². The van der Waals surface area contributed by atoms with E-state index in [1.165, 1.54) is 24.3 Å². The molecule has 6 nitrogen and oxygen atoms in total. The van der Waals surface area contributed by atoms with E-state index in [2.05, 4.69) is 37.0 Å². The lowest BCUT2D eigenvalue weighted by molar-refractivity contribution is -0.274. The van der Waals surface area contributed by atoms with Gasteiger partial charge in [-0.3, -0.25) is 9.89 Å². The molecule has 0 aromatic heterocycles. The van der Waals surface area contributed by atoms with E-state index in [-0.39, 0.29) is 12.3 Å². The molecule has 0 saturated carbocycles. The van der Waals surface area contributed by atoms with Crippen molar-refractivity contribution in [2.24, 2.45) is 4.99 Å². The number of nitrogens with one attached hydrogen (secondary N) is 1. The van der Waals surface area contributed by atoms with Crippen LogP contribution < -0.4 is 10.1 Å². The van der Waals surface area contributed by atoms with Gasteiger partial charge in [-0.15, -0.1) is 13.2 Å². The fourth-order valence-electron chi connectivity index (χ4n) is 3.62. The van der Waals surface area contributed by atoms with Gasteiger partial charge in [0, 0.05) is 38.8 Å². The van der Waals surface area contributed by atoms with E-state index >= 15 is 0 Å². The van der Waals surface area contributed by atoms with Crippen molar-refractivity contribution >= 4 is 5.96 Å². The third kappa shape index (κ3) is 6.11. The predicted octanol–water partition coefficient (Wildman–Crippen LogP) is 2.53. The molecule has 0 aliphatic carbocycles. The van der Waals surface area contributed by atoms with Crippen LogP contribution >= 0.6 is 0 Å². The largest absolute Gasteiger partial charge is 0.573 e. The van der Waals surface area contributed by atoms with Gasteiger partial charge in [-0.25, -0.2) is 0 Å². The average Bonchev–Trinajstić information content (AvgIpc) is 3.35. The highest BCUT2D eigenvalue weighted by molar-refractivity contribution is 5.80. The van der Waals surface area contributed by atoms with Crippen LogP contribution in [0, 0.1) is 0 Å². The number of guanidine groups is 1. The normalized spacial score (nSPS) is 21.6. The zero-order valence-electron chi connectivity index (χ0n) is 16.4. The maximum Gasteiger partial charge on any atom is 0.573 e. The Morgan fingerprint density at radius 3 is 2.59 bits per heavy atom. The molecule has 1 aromatic rings. The summed E-state index contributed by atoms with van der Waals surface area (Å²) >= 11 is 0. The van der Waals surface area contributed by atoms with Crippen LogP contribution in [0.15, 0.2) is 41.4 Å². The summed E-state index contributed by atoms with van der Waals surface area (Å²) < 4.78 is 40.6. The number of likely N-dealkylation sites (tertiary alicyclic amines) is 1.